The van der Waals surface area contributed by atoms with Crippen molar-refractivity contribution in [2.45, 2.75) is 19.8 Å². The van der Waals surface area contributed by atoms with Gasteiger partial charge in [0.15, 0.2) is 0 Å². The highest BCUT2D eigenvalue weighted by Gasteiger charge is 2.23. The van der Waals surface area contributed by atoms with Crippen molar-refractivity contribution >= 4 is 11.9 Å². The molecule has 1 aromatic heterocycles. The van der Waals surface area contributed by atoms with Crippen molar-refractivity contribution in [2.75, 3.05) is 31.6 Å². The van der Waals surface area contributed by atoms with Crippen molar-refractivity contribution < 1.29 is 14.3 Å². The van der Waals surface area contributed by atoms with Crippen LogP contribution in [0.15, 0.2) is 4.42 Å². The van der Waals surface area contributed by atoms with Crippen LogP contribution < -0.4 is 5.32 Å². The molecular formula is C11H18N4O3. The smallest absolute Gasteiger partial charge is 0.322 e. The number of rotatable bonds is 5. The first kappa shape index (κ1) is 13.0. The predicted molar refractivity (Wildman–Crippen MR) is 63.9 cm³/mol. The maximum Gasteiger partial charge on any atom is 0.322 e. The summed E-state index contributed by atoms with van der Waals surface area (Å²) >= 11 is 0. The zero-order valence-electron chi connectivity index (χ0n) is 10.4. The van der Waals surface area contributed by atoms with E-state index in [0.29, 0.717) is 18.4 Å². The van der Waals surface area contributed by atoms with Gasteiger partial charge >= 0.3 is 6.01 Å². The highest BCUT2D eigenvalue weighted by molar-refractivity contribution is 5.90. The fourth-order valence-electron chi connectivity index (χ4n) is 2.18. The number of hydrogen-bond donors (Lipinski definition) is 2. The lowest BCUT2D eigenvalue weighted by Gasteiger charge is -2.14. The van der Waals surface area contributed by atoms with E-state index in [0.717, 1.165) is 25.9 Å². The quantitative estimate of drug-likeness (QED) is 0.769. The largest absolute Gasteiger partial charge is 0.408 e. The number of anilines is 1. The molecule has 2 rings (SSSR count). The minimum atomic E-state index is -0.150. The van der Waals surface area contributed by atoms with E-state index >= 15 is 0 Å². The Kier molecular flexibility index (Phi) is 4.27. The summed E-state index contributed by atoms with van der Waals surface area (Å²) in [6, 6.07) is 0.142. The van der Waals surface area contributed by atoms with Crippen molar-refractivity contribution in [2.24, 2.45) is 5.92 Å². The molecule has 18 heavy (non-hydrogen) atoms. The minimum absolute atomic E-state index is 0.142. The number of nitrogens with one attached hydrogen (secondary N) is 1. The summed E-state index contributed by atoms with van der Waals surface area (Å²) in [6.45, 7) is 3.95. The van der Waals surface area contributed by atoms with Crippen LogP contribution >= 0.6 is 0 Å². The Morgan fingerprint density at radius 2 is 2.44 bits per heavy atom. The van der Waals surface area contributed by atoms with E-state index in [2.05, 4.69) is 20.4 Å². The van der Waals surface area contributed by atoms with Crippen molar-refractivity contribution in [3.05, 3.63) is 5.89 Å². The second-order valence-electron chi connectivity index (χ2n) is 4.58. The molecule has 7 nitrogen and oxygen atoms in total. The molecular weight excluding hydrogens is 236 g/mol. The van der Waals surface area contributed by atoms with Gasteiger partial charge in [0, 0.05) is 20.1 Å². The summed E-state index contributed by atoms with van der Waals surface area (Å²) in [5.41, 5.74) is 0. The van der Waals surface area contributed by atoms with E-state index in [1.165, 1.54) is 0 Å². The van der Waals surface area contributed by atoms with Crippen LogP contribution in [0, 0.1) is 12.8 Å². The highest BCUT2D eigenvalue weighted by Crippen LogP contribution is 2.18. The number of carbonyl (C=O) groups is 1. The number of aliphatic hydroxyl groups is 1. The van der Waals surface area contributed by atoms with Crippen LogP contribution in [0.4, 0.5) is 6.01 Å². The molecule has 0 aliphatic carbocycles. The van der Waals surface area contributed by atoms with E-state index < -0.39 is 0 Å². The first-order chi connectivity index (χ1) is 8.67. The third kappa shape index (κ3) is 3.51. The van der Waals surface area contributed by atoms with Gasteiger partial charge in [-0.05, 0) is 25.3 Å². The van der Waals surface area contributed by atoms with Gasteiger partial charge in [-0.1, -0.05) is 5.10 Å². The van der Waals surface area contributed by atoms with Gasteiger partial charge in [0.1, 0.15) is 0 Å². The summed E-state index contributed by atoms with van der Waals surface area (Å²) in [7, 11) is 0. The topological polar surface area (TPSA) is 91.5 Å². The standard InChI is InChI=1S/C11H18N4O3/c1-8-13-14-11(18-8)12-10(17)7-15-4-2-9(6-15)3-5-16/h9,16H,2-7H2,1H3,(H,12,14,17). The van der Waals surface area contributed by atoms with E-state index in [1.807, 2.05) is 0 Å². The van der Waals surface area contributed by atoms with Gasteiger partial charge in [0.05, 0.1) is 6.54 Å². The molecule has 1 atom stereocenters. The lowest BCUT2D eigenvalue weighted by atomic mass is 10.1. The maximum atomic E-state index is 11.7. The molecule has 1 fully saturated rings. The first-order valence-corrected chi connectivity index (χ1v) is 6.10. The molecule has 2 heterocycles. The van der Waals surface area contributed by atoms with Gasteiger partial charge in [-0.3, -0.25) is 15.0 Å². The molecule has 0 aromatic carbocycles. The normalized spacial score (nSPS) is 20.2. The van der Waals surface area contributed by atoms with E-state index in [1.54, 1.807) is 6.92 Å². The molecule has 0 bridgehead atoms. The molecule has 1 aliphatic rings. The van der Waals surface area contributed by atoms with Gasteiger partial charge < -0.3 is 9.52 Å². The zero-order valence-corrected chi connectivity index (χ0v) is 10.4. The van der Waals surface area contributed by atoms with Gasteiger partial charge in [-0.2, -0.15) is 0 Å². The van der Waals surface area contributed by atoms with Crippen LogP contribution in [0.5, 0.6) is 0 Å². The van der Waals surface area contributed by atoms with E-state index in [9.17, 15) is 4.79 Å². The van der Waals surface area contributed by atoms with Crippen LogP contribution in [-0.4, -0.2) is 52.4 Å². The second kappa shape index (κ2) is 5.92. The fourth-order valence-corrected chi connectivity index (χ4v) is 2.18. The second-order valence-corrected chi connectivity index (χ2v) is 4.58. The van der Waals surface area contributed by atoms with Gasteiger partial charge in [0.25, 0.3) is 0 Å². The lowest BCUT2D eigenvalue weighted by Crippen LogP contribution is -2.31. The maximum absolute atomic E-state index is 11.7. The van der Waals surface area contributed by atoms with E-state index in [-0.39, 0.29) is 18.5 Å². The summed E-state index contributed by atoms with van der Waals surface area (Å²) in [4.78, 5) is 13.8. The van der Waals surface area contributed by atoms with Crippen LogP contribution in [-0.2, 0) is 4.79 Å². The molecule has 0 radical (unpaired) electrons. The van der Waals surface area contributed by atoms with Gasteiger partial charge in [-0.15, -0.1) is 5.10 Å². The Morgan fingerprint density at radius 1 is 1.61 bits per heavy atom. The summed E-state index contributed by atoms with van der Waals surface area (Å²) < 4.78 is 5.07. The van der Waals surface area contributed by atoms with Gasteiger partial charge in [-0.25, -0.2) is 0 Å². The minimum Gasteiger partial charge on any atom is -0.408 e. The Hall–Kier alpha value is -1.47. The number of aromatic nitrogens is 2. The predicted octanol–water partition coefficient (Wildman–Crippen LogP) is 0.0208. The average molecular weight is 254 g/mol. The molecule has 7 heteroatoms. The summed E-state index contributed by atoms with van der Waals surface area (Å²) in [5, 5.41) is 18.8. The average Bonchev–Trinajstić information content (AvgIpc) is 2.89. The first-order valence-electron chi connectivity index (χ1n) is 6.10. The Bertz CT molecular complexity index is 407. The third-order valence-electron chi connectivity index (χ3n) is 3.05. The van der Waals surface area contributed by atoms with Gasteiger partial charge in [0.2, 0.25) is 11.8 Å². The Morgan fingerprint density at radius 3 is 3.11 bits per heavy atom. The molecule has 1 amide bonds. The van der Waals surface area contributed by atoms with Crippen LogP contribution in [0.3, 0.4) is 0 Å². The number of carbonyl (C=O) groups excluding carboxylic acids is 1. The molecule has 1 aliphatic heterocycles. The van der Waals surface area contributed by atoms with Crippen molar-refractivity contribution in [3.63, 3.8) is 0 Å². The number of hydrogen-bond acceptors (Lipinski definition) is 6. The van der Waals surface area contributed by atoms with Crippen LogP contribution in [0.25, 0.3) is 0 Å². The van der Waals surface area contributed by atoms with Crippen LogP contribution in [0.1, 0.15) is 18.7 Å². The molecule has 100 valence electrons. The van der Waals surface area contributed by atoms with Crippen molar-refractivity contribution in [1.29, 1.82) is 0 Å². The molecule has 1 aromatic rings. The number of amides is 1. The molecule has 1 unspecified atom stereocenters. The zero-order chi connectivity index (χ0) is 13.0. The summed E-state index contributed by atoms with van der Waals surface area (Å²) in [6.07, 6.45) is 1.84. The monoisotopic (exact) mass is 254 g/mol. The Balaban J connectivity index is 1.75. The van der Waals surface area contributed by atoms with Crippen molar-refractivity contribution in [1.82, 2.24) is 15.1 Å². The number of likely N-dealkylation sites (tertiary alicyclic amines) is 1. The SMILES string of the molecule is Cc1nnc(NC(=O)CN2CCC(CCO)C2)o1. The summed E-state index contributed by atoms with van der Waals surface area (Å²) in [5.74, 6) is 0.770. The molecule has 0 saturated carbocycles. The van der Waals surface area contributed by atoms with Crippen LogP contribution in [0.2, 0.25) is 0 Å². The molecule has 1 saturated heterocycles. The fraction of sp³-hybridized carbons (Fsp3) is 0.727. The third-order valence-corrected chi connectivity index (χ3v) is 3.05. The van der Waals surface area contributed by atoms with E-state index in [4.69, 9.17) is 9.52 Å². The number of aryl methyl sites for hydroxylation is 1. The molecule has 2 N–H and O–H groups in total. The Labute approximate surface area is 105 Å². The number of nitrogens with zero attached hydrogens (tertiary/aromatic N) is 3. The lowest BCUT2D eigenvalue weighted by molar-refractivity contribution is -0.117. The highest BCUT2D eigenvalue weighted by atomic mass is 16.4. The molecule has 0 spiro atoms. The van der Waals surface area contributed by atoms with Crippen molar-refractivity contribution in [3.8, 4) is 0 Å². The number of aliphatic hydroxyl groups excluding tert-OH is 1.